The summed E-state index contributed by atoms with van der Waals surface area (Å²) >= 11 is 0. The predicted molar refractivity (Wildman–Crippen MR) is 45.1 cm³/mol. The standard InChI is InChI=1S/C9H20O/c1-2-3-4-5-6-7-8-9-10/h10H,2-9H2,1H3/i1D2,2D2,3D2,4D2,5D2,6D2,7D2,8D2,9D2. The summed E-state index contributed by atoms with van der Waals surface area (Å²) < 4.78 is 134. The van der Waals surface area contributed by atoms with Crippen LogP contribution in [0.1, 0.15) is 76.2 Å². The van der Waals surface area contributed by atoms with Crippen LogP contribution >= 0.6 is 0 Å². The molecule has 1 heteroatoms. The molecular weight excluding hydrogens is 124 g/mol. The molecular formula is C9H20O. The Hall–Kier alpha value is -0.0400. The van der Waals surface area contributed by atoms with Crippen molar-refractivity contribution in [2.24, 2.45) is 0 Å². The lowest BCUT2D eigenvalue weighted by molar-refractivity contribution is 0.282. The van der Waals surface area contributed by atoms with Gasteiger partial charge < -0.3 is 5.11 Å². The first-order valence-electron chi connectivity index (χ1n) is 11.4. The monoisotopic (exact) mass is 162 g/mol. The third kappa shape index (κ3) is 7.96. The van der Waals surface area contributed by atoms with Crippen molar-refractivity contribution in [1.29, 1.82) is 0 Å². The Bertz CT molecular complexity index is 570. The zero-order valence-corrected chi connectivity index (χ0v) is 5.02. The van der Waals surface area contributed by atoms with E-state index in [0.29, 0.717) is 0 Å². The fourth-order valence-corrected chi connectivity index (χ4v) is 0.189. The van der Waals surface area contributed by atoms with Gasteiger partial charge in [0.05, 0.1) is 2.74 Å². The highest BCUT2D eigenvalue weighted by Gasteiger charge is 1.88. The molecule has 0 aromatic rings. The maximum atomic E-state index is 9.23. The van der Waals surface area contributed by atoms with E-state index < -0.39 is 58.0 Å². The van der Waals surface area contributed by atoms with Gasteiger partial charge in [-0.25, -0.2) is 0 Å². The number of aliphatic hydroxyl groups is 1. The summed E-state index contributed by atoms with van der Waals surface area (Å²) in [6.45, 7) is -6.76. The molecule has 0 aromatic carbocycles. The van der Waals surface area contributed by atoms with Crippen molar-refractivity contribution in [1.82, 2.24) is 0 Å². The molecule has 1 N–H and O–H groups in total. The van der Waals surface area contributed by atoms with Gasteiger partial charge in [-0.2, -0.15) is 0 Å². The van der Waals surface area contributed by atoms with E-state index in [-0.39, 0.29) is 0 Å². The largest absolute Gasteiger partial charge is 0.396 e. The van der Waals surface area contributed by atoms with E-state index in [1.54, 1.807) is 0 Å². The zero-order valence-electron chi connectivity index (χ0n) is 23.0. The Morgan fingerprint density at radius 2 is 1.70 bits per heavy atom. The van der Waals surface area contributed by atoms with Gasteiger partial charge in [0.15, 0.2) is 0 Å². The zero-order chi connectivity index (χ0) is 23.6. The quantitative estimate of drug-likeness (QED) is 0.610. The molecule has 0 rings (SSSR count). The van der Waals surface area contributed by atoms with E-state index in [1.165, 1.54) is 0 Å². The van der Waals surface area contributed by atoms with E-state index in [0.717, 1.165) is 0 Å². The third-order valence-electron chi connectivity index (χ3n) is 0.441. The fraction of sp³-hybridized carbons (Fsp3) is 1.00. The summed E-state index contributed by atoms with van der Waals surface area (Å²) in [7, 11) is 0. The van der Waals surface area contributed by atoms with Gasteiger partial charge in [0.2, 0.25) is 0 Å². The second kappa shape index (κ2) is 8.96. The topological polar surface area (TPSA) is 20.2 Å². The first-order chi connectivity index (χ1) is 11.7. The molecule has 0 amide bonds. The summed E-state index contributed by atoms with van der Waals surface area (Å²) in [5.74, 6) is 0. The predicted octanol–water partition coefficient (Wildman–Crippen LogP) is 2.73. The minimum absolute atomic E-state index is 2.70. The smallest absolute Gasteiger partial charge is 0.0564 e. The van der Waals surface area contributed by atoms with Crippen molar-refractivity contribution < 1.29 is 29.8 Å². The van der Waals surface area contributed by atoms with Crippen LogP contribution in [0.5, 0.6) is 0 Å². The normalized spacial score (nSPS) is 48.6. The highest BCUT2D eigenvalue weighted by atomic mass is 16.2. The average Bonchev–Trinajstić information content (AvgIpc) is 2.44. The van der Waals surface area contributed by atoms with E-state index in [1.807, 2.05) is 0 Å². The van der Waals surface area contributed by atoms with Crippen LogP contribution in [0.3, 0.4) is 0 Å². The lowest BCUT2D eigenvalue weighted by Crippen LogP contribution is -1.83. The molecule has 0 fully saturated rings. The Morgan fingerprint density at radius 1 is 1.10 bits per heavy atom. The average molecular weight is 162 g/mol. The van der Waals surface area contributed by atoms with Crippen molar-refractivity contribution in [3.05, 3.63) is 0 Å². The van der Waals surface area contributed by atoms with Crippen molar-refractivity contribution in [2.45, 2.75) is 51.5 Å². The van der Waals surface area contributed by atoms with Crippen LogP contribution < -0.4 is 0 Å². The summed E-state index contributed by atoms with van der Waals surface area (Å²) in [5.41, 5.74) is 0. The molecule has 10 heavy (non-hydrogen) atoms. The number of hydrogen-bond acceptors (Lipinski definition) is 1. The number of rotatable bonds is 7. The minimum Gasteiger partial charge on any atom is -0.396 e. The Kier molecular flexibility index (Phi) is 0.986. The minimum atomic E-state index is -4.38. The second-order valence-electron chi connectivity index (χ2n) is 1.01. The lowest BCUT2D eigenvalue weighted by Gasteiger charge is -1.97. The Balaban J connectivity index is 6.72. The Labute approximate surface area is 89.7 Å². The van der Waals surface area contributed by atoms with E-state index in [4.69, 9.17) is 24.7 Å². The molecule has 0 atom stereocenters. The number of hydrogen-bond donors (Lipinski definition) is 1. The van der Waals surface area contributed by atoms with E-state index in [9.17, 15) is 5.11 Å². The molecule has 0 spiro atoms. The first kappa shape index (κ1) is 1.10. The summed E-state index contributed by atoms with van der Waals surface area (Å²) in [5, 5.41) is 9.23. The maximum absolute atomic E-state index is 9.23. The molecule has 0 saturated heterocycles. The molecule has 0 aliphatic heterocycles. The third-order valence-corrected chi connectivity index (χ3v) is 0.441. The van der Waals surface area contributed by atoms with Crippen molar-refractivity contribution >= 4 is 0 Å². The Morgan fingerprint density at radius 3 is 2.30 bits per heavy atom. The highest BCUT2D eigenvalue weighted by Crippen LogP contribution is 2.05. The molecule has 0 bridgehead atoms. The second-order valence-corrected chi connectivity index (χ2v) is 1.01. The van der Waals surface area contributed by atoms with Crippen LogP contribution in [0, 0.1) is 0 Å². The maximum Gasteiger partial charge on any atom is 0.0564 e. The van der Waals surface area contributed by atoms with Crippen LogP contribution in [0.15, 0.2) is 0 Å². The SMILES string of the molecule is [2H]C([2H])C([2H])([2H])C([2H])([2H])C([2H])([2H])C([2H])([2H])C([2H])([2H])C([2H])([2H])C([2H])([2H])C([2H])([2H])O. The van der Waals surface area contributed by atoms with Crippen molar-refractivity contribution in [2.75, 3.05) is 6.56 Å². The van der Waals surface area contributed by atoms with Gasteiger partial charge in [0, 0.05) is 28.5 Å². The van der Waals surface area contributed by atoms with Crippen LogP contribution in [0.2, 0.25) is 0 Å². The van der Waals surface area contributed by atoms with Crippen LogP contribution in [0.25, 0.3) is 0 Å². The van der Waals surface area contributed by atoms with Crippen LogP contribution in [-0.2, 0) is 0 Å². The molecule has 0 aromatic heterocycles. The van der Waals surface area contributed by atoms with Gasteiger partial charge in [-0.15, -0.1) is 0 Å². The molecule has 0 unspecified atom stereocenters. The van der Waals surface area contributed by atoms with Crippen molar-refractivity contribution in [3.63, 3.8) is 0 Å². The summed E-state index contributed by atoms with van der Waals surface area (Å²) in [6.07, 6.45) is -29.3. The first-order valence-corrected chi connectivity index (χ1v) is 2.26. The molecule has 0 saturated carbocycles. The molecule has 0 aliphatic rings. The summed E-state index contributed by atoms with van der Waals surface area (Å²) in [6, 6.07) is 0. The molecule has 62 valence electrons. The molecule has 0 aliphatic carbocycles. The molecule has 0 heterocycles. The van der Waals surface area contributed by atoms with Gasteiger partial charge in [-0.05, 0) is 6.37 Å². The van der Waals surface area contributed by atoms with Gasteiger partial charge in [0.25, 0.3) is 0 Å². The van der Waals surface area contributed by atoms with Crippen LogP contribution in [-0.4, -0.2) is 11.7 Å². The molecule has 1 nitrogen and oxygen atoms in total. The highest BCUT2D eigenvalue weighted by molar-refractivity contribution is 4.43. The van der Waals surface area contributed by atoms with Gasteiger partial charge in [-0.3, -0.25) is 0 Å². The van der Waals surface area contributed by atoms with Crippen molar-refractivity contribution in [3.8, 4) is 0 Å². The van der Waals surface area contributed by atoms with Gasteiger partial charge in [-0.1, -0.05) is 45.1 Å². The van der Waals surface area contributed by atoms with E-state index in [2.05, 4.69) is 0 Å². The fourth-order valence-electron chi connectivity index (χ4n) is 0.189. The summed E-state index contributed by atoms with van der Waals surface area (Å²) in [4.78, 5) is 0. The molecule has 0 radical (unpaired) electrons. The van der Waals surface area contributed by atoms with Gasteiger partial charge >= 0.3 is 0 Å². The van der Waals surface area contributed by atoms with Crippen LogP contribution in [0.4, 0.5) is 0 Å². The van der Waals surface area contributed by atoms with E-state index >= 15 is 0 Å². The lowest BCUT2D eigenvalue weighted by atomic mass is 10.1. The van der Waals surface area contributed by atoms with Gasteiger partial charge in [0.1, 0.15) is 0 Å².